The first-order valence-corrected chi connectivity index (χ1v) is 8.56. The summed E-state index contributed by atoms with van der Waals surface area (Å²) in [6, 6.07) is 13.7. The Balaban J connectivity index is 1.76. The predicted octanol–water partition coefficient (Wildman–Crippen LogP) is 4.97. The number of hydrogen-bond donors (Lipinski definition) is 1. The minimum atomic E-state index is -0.387. The summed E-state index contributed by atoms with van der Waals surface area (Å²) in [5.74, 6) is -0.759. The number of carbonyl (C=O) groups excluding carboxylic acids is 1. The van der Waals surface area contributed by atoms with Gasteiger partial charge >= 0.3 is 0 Å². The maximum atomic E-state index is 13.7. The summed E-state index contributed by atoms with van der Waals surface area (Å²) < 4.78 is 13.7. The lowest BCUT2D eigenvalue weighted by Crippen LogP contribution is -2.11. The molecule has 0 aliphatic carbocycles. The van der Waals surface area contributed by atoms with Crippen molar-refractivity contribution in [3.8, 4) is 0 Å². The minimum absolute atomic E-state index is 0.177. The van der Waals surface area contributed by atoms with Gasteiger partial charge in [-0.1, -0.05) is 58.8 Å². The SMILES string of the molecule is Cc1ccc(NC(=O)c2nnc(/C(Cl)=C/c3ccccc3F)s2)cc1. The zero-order chi connectivity index (χ0) is 17.8. The molecule has 0 atom stereocenters. The highest BCUT2D eigenvalue weighted by atomic mass is 35.5. The maximum Gasteiger partial charge on any atom is 0.286 e. The van der Waals surface area contributed by atoms with Crippen LogP contribution in [0.25, 0.3) is 11.1 Å². The molecular formula is C18H13ClFN3OS. The normalized spacial score (nSPS) is 11.4. The van der Waals surface area contributed by atoms with Crippen LogP contribution < -0.4 is 5.32 Å². The molecule has 0 unspecified atom stereocenters. The number of nitrogens with zero attached hydrogens (tertiary/aromatic N) is 2. The fourth-order valence-electron chi connectivity index (χ4n) is 2.02. The average Bonchev–Trinajstić information content (AvgIpc) is 3.09. The third-order valence-corrected chi connectivity index (χ3v) is 4.68. The van der Waals surface area contributed by atoms with Gasteiger partial charge in [-0.3, -0.25) is 4.79 Å². The predicted molar refractivity (Wildman–Crippen MR) is 99.2 cm³/mol. The van der Waals surface area contributed by atoms with Gasteiger partial charge in [-0.2, -0.15) is 0 Å². The van der Waals surface area contributed by atoms with Gasteiger partial charge < -0.3 is 5.32 Å². The molecule has 3 aromatic rings. The lowest BCUT2D eigenvalue weighted by atomic mass is 10.2. The van der Waals surface area contributed by atoms with Crippen LogP contribution in [0, 0.1) is 12.7 Å². The fraction of sp³-hybridized carbons (Fsp3) is 0.0556. The summed E-state index contributed by atoms with van der Waals surface area (Å²) in [4.78, 5) is 12.2. The molecule has 126 valence electrons. The largest absolute Gasteiger partial charge is 0.320 e. The van der Waals surface area contributed by atoms with Crippen molar-refractivity contribution in [1.82, 2.24) is 10.2 Å². The van der Waals surface area contributed by atoms with Crippen molar-refractivity contribution in [1.29, 1.82) is 0 Å². The van der Waals surface area contributed by atoms with E-state index in [2.05, 4.69) is 15.5 Å². The van der Waals surface area contributed by atoms with Crippen molar-refractivity contribution in [3.05, 3.63) is 75.5 Å². The molecule has 0 aliphatic heterocycles. The van der Waals surface area contributed by atoms with E-state index in [0.717, 1.165) is 16.9 Å². The second kappa shape index (κ2) is 7.55. The number of nitrogens with one attached hydrogen (secondary N) is 1. The van der Waals surface area contributed by atoms with Gasteiger partial charge in [-0.05, 0) is 31.2 Å². The molecule has 0 radical (unpaired) electrons. The summed E-state index contributed by atoms with van der Waals surface area (Å²) in [6.45, 7) is 1.96. The zero-order valence-corrected chi connectivity index (χ0v) is 14.7. The lowest BCUT2D eigenvalue weighted by molar-refractivity contribution is 0.102. The molecule has 1 N–H and O–H groups in total. The molecule has 1 amide bonds. The number of aryl methyl sites for hydroxylation is 1. The van der Waals surface area contributed by atoms with Crippen LogP contribution in [0.4, 0.5) is 10.1 Å². The van der Waals surface area contributed by atoms with Crippen LogP contribution in [0.3, 0.4) is 0 Å². The Kier molecular flexibility index (Phi) is 5.21. The number of hydrogen-bond acceptors (Lipinski definition) is 4. The van der Waals surface area contributed by atoms with Crippen molar-refractivity contribution in [2.75, 3.05) is 5.32 Å². The van der Waals surface area contributed by atoms with Gasteiger partial charge in [0.25, 0.3) is 5.91 Å². The quantitative estimate of drug-likeness (QED) is 0.702. The first kappa shape index (κ1) is 17.3. The van der Waals surface area contributed by atoms with E-state index >= 15 is 0 Å². The van der Waals surface area contributed by atoms with Crippen LogP contribution in [0.2, 0.25) is 0 Å². The Morgan fingerprint density at radius 1 is 1.12 bits per heavy atom. The number of rotatable bonds is 4. The molecule has 1 heterocycles. The summed E-state index contributed by atoms with van der Waals surface area (Å²) in [6.07, 6.45) is 1.46. The van der Waals surface area contributed by atoms with Gasteiger partial charge in [0.05, 0.1) is 5.03 Å². The van der Waals surface area contributed by atoms with Crippen LogP contribution in [0.5, 0.6) is 0 Å². The molecular weight excluding hydrogens is 361 g/mol. The summed E-state index contributed by atoms with van der Waals surface area (Å²) in [5.41, 5.74) is 2.11. The molecule has 0 spiro atoms. The van der Waals surface area contributed by atoms with Crippen molar-refractivity contribution in [2.45, 2.75) is 6.92 Å². The Bertz CT molecular complexity index is 938. The Morgan fingerprint density at radius 2 is 1.80 bits per heavy atom. The molecule has 0 aliphatic rings. The molecule has 7 heteroatoms. The summed E-state index contributed by atoms with van der Waals surface area (Å²) in [7, 11) is 0. The first-order chi connectivity index (χ1) is 12.0. The molecule has 0 bridgehead atoms. The smallest absolute Gasteiger partial charge is 0.286 e. The highest BCUT2D eigenvalue weighted by Gasteiger charge is 2.15. The zero-order valence-electron chi connectivity index (χ0n) is 13.2. The van der Waals surface area contributed by atoms with E-state index in [1.54, 1.807) is 30.3 Å². The second-order valence-electron chi connectivity index (χ2n) is 5.25. The molecule has 1 aromatic heterocycles. The minimum Gasteiger partial charge on any atom is -0.320 e. The third kappa shape index (κ3) is 4.29. The monoisotopic (exact) mass is 373 g/mol. The van der Waals surface area contributed by atoms with Crippen molar-refractivity contribution in [2.24, 2.45) is 0 Å². The average molecular weight is 374 g/mol. The Hall–Kier alpha value is -2.57. The van der Waals surface area contributed by atoms with Gasteiger partial charge in [0.2, 0.25) is 5.01 Å². The van der Waals surface area contributed by atoms with Gasteiger partial charge in [0.1, 0.15) is 5.82 Å². The van der Waals surface area contributed by atoms with E-state index in [-0.39, 0.29) is 21.8 Å². The summed E-state index contributed by atoms with van der Waals surface area (Å²) in [5, 5.41) is 11.2. The van der Waals surface area contributed by atoms with Gasteiger partial charge in [0.15, 0.2) is 5.01 Å². The first-order valence-electron chi connectivity index (χ1n) is 7.36. The van der Waals surface area contributed by atoms with Crippen molar-refractivity contribution >= 4 is 45.6 Å². The van der Waals surface area contributed by atoms with E-state index in [9.17, 15) is 9.18 Å². The van der Waals surface area contributed by atoms with E-state index in [1.807, 2.05) is 19.1 Å². The van der Waals surface area contributed by atoms with Crippen LogP contribution in [-0.2, 0) is 0 Å². The van der Waals surface area contributed by atoms with Crippen molar-refractivity contribution in [3.63, 3.8) is 0 Å². The second-order valence-corrected chi connectivity index (χ2v) is 6.63. The lowest BCUT2D eigenvalue weighted by Gasteiger charge is -2.02. The number of aromatic nitrogens is 2. The standard InChI is InChI=1S/C18H13ClFN3OS/c1-11-6-8-13(9-7-11)21-16(24)18-23-22-17(25-18)14(19)10-12-4-2-3-5-15(12)20/h2-10H,1H3,(H,21,24)/b14-10-. The van der Waals surface area contributed by atoms with Crippen LogP contribution in [0.1, 0.15) is 25.9 Å². The third-order valence-electron chi connectivity index (χ3n) is 3.32. The number of amides is 1. The molecule has 0 saturated carbocycles. The molecule has 3 rings (SSSR count). The van der Waals surface area contributed by atoms with E-state index in [1.165, 1.54) is 12.1 Å². The van der Waals surface area contributed by atoms with Gasteiger partial charge in [0, 0.05) is 11.3 Å². The van der Waals surface area contributed by atoms with Crippen LogP contribution in [0.15, 0.2) is 48.5 Å². The molecule has 0 saturated heterocycles. The number of anilines is 1. The van der Waals surface area contributed by atoms with Crippen LogP contribution >= 0.6 is 22.9 Å². The highest BCUT2D eigenvalue weighted by molar-refractivity contribution is 7.15. The molecule has 4 nitrogen and oxygen atoms in total. The van der Waals surface area contributed by atoms with E-state index < -0.39 is 0 Å². The maximum absolute atomic E-state index is 13.7. The van der Waals surface area contributed by atoms with Gasteiger partial charge in [-0.15, -0.1) is 10.2 Å². The van der Waals surface area contributed by atoms with Gasteiger partial charge in [-0.25, -0.2) is 4.39 Å². The van der Waals surface area contributed by atoms with Crippen LogP contribution in [-0.4, -0.2) is 16.1 Å². The van der Waals surface area contributed by atoms with E-state index in [4.69, 9.17) is 11.6 Å². The Labute approximate surface area is 153 Å². The number of carbonyl (C=O) groups is 1. The number of halogens is 2. The van der Waals surface area contributed by atoms with Crippen molar-refractivity contribution < 1.29 is 9.18 Å². The topological polar surface area (TPSA) is 54.9 Å². The molecule has 2 aromatic carbocycles. The summed E-state index contributed by atoms with van der Waals surface area (Å²) >= 11 is 7.22. The van der Waals surface area contributed by atoms with E-state index in [0.29, 0.717) is 16.3 Å². The molecule has 0 fully saturated rings. The highest BCUT2D eigenvalue weighted by Crippen LogP contribution is 2.26. The Morgan fingerprint density at radius 3 is 2.52 bits per heavy atom. The fourth-order valence-corrected chi connectivity index (χ4v) is 2.94. The molecule has 25 heavy (non-hydrogen) atoms. The number of benzene rings is 2.